The average molecular weight is 237 g/mol. The Balaban J connectivity index is 1.76. The standard InChI is InChI=1S/C12H15NO2S/c14-16(15)9-7-12(10-16)13-8-6-11-4-2-1-3-5-11/h1-5,7,9,12-13H,6,8,10H2. The second kappa shape index (κ2) is 4.80. The van der Waals surface area contributed by atoms with E-state index in [4.69, 9.17) is 0 Å². The molecule has 1 aromatic carbocycles. The van der Waals surface area contributed by atoms with Crippen molar-refractivity contribution in [2.45, 2.75) is 12.5 Å². The van der Waals surface area contributed by atoms with Crippen molar-refractivity contribution in [1.29, 1.82) is 0 Å². The Morgan fingerprint density at radius 2 is 2.00 bits per heavy atom. The summed E-state index contributed by atoms with van der Waals surface area (Å²) in [4.78, 5) is 0. The summed E-state index contributed by atoms with van der Waals surface area (Å²) >= 11 is 0. The van der Waals surface area contributed by atoms with Gasteiger partial charge in [0, 0.05) is 11.4 Å². The summed E-state index contributed by atoms with van der Waals surface area (Å²) in [7, 11) is -2.93. The first kappa shape index (κ1) is 11.4. The summed E-state index contributed by atoms with van der Waals surface area (Å²) in [6, 6.07) is 10.1. The molecule has 2 rings (SSSR count). The van der Waals surface area contributed by atoms with Crippen LogP contribution in [0.1, 0.15) is 5.56 Å². The molecule has 1 heterocycles. The Morgan fingerprint density at radius 3 is 2.62 bits per heavy atom. The van der Waals surface area contributed by atoms with E-state index in [-0.39, 0.29) is 11.8 Å². The maximum atomic E-state index is 11.1. The van der Waals surface area contributed by atoms with Crippen LogP contribution in [-0.2, 0) is 16.3 Å². The van der Waals surface area contributed by atoms with Crippen LogP contribution in [-0.4, -0.2) is 26.8 Å². The smallest absolute Gasteiger partial charge is 0.173 e. The highest BCUT2D eigenvalue weighted by molar-refractivity contribution is 7.94. The third-order valence-electron chi connectivity index (χ3n) is 2.59. The summed E-state index contributed by atoms with van der Waals surface area (Å²) in [5, 5.41) is 4.52. The van der Waals surface area contributed by atoms with Gasteiger partial charge in [-0.25, -0.2) is 8.42 Å². The van der Waals surface area contributed by atoms with Gasteiger partial charge in [-0.05, 0) is 18.5 Å². The first-order valence-electron chi connectivity index (χ1n) is 5.34. The lowest BCUT2D eigenvalue weighted by atomic mass is 10.1. The lowest BCUT2D eigenvalue weighted by Gasteiger charge is -2.09. The van der Waals surface area contributed by atoms with E-state index < -0.39 is 9.84 Å². The van der Waals surface area contributed by atoms with Crippen molar-refractivity contribution in [1.82, 2.24) is 5.32 Å². The average Bonchev–Trinajstić information content (AvgIpc) is 2.60. The molecule has 0 aliphatic carbocycles. The van der Waals surface area contributed by atoms with Crippen LogP contribution < -0.4 is 5.32 Å². The van der Waals surface area contributed by atoms with Crippen LogP contribution in [0.3, 0.4) is 0 Å². The molecule has 4 heteroatoms. The number of nitrogens with one attached hydrogen (secondary N) is 1. The summed E-state index contributed by atoms with van der Waals surface area (Å²) in [5.74, 6) is 0.196. The van der Waals surface area contributed by atoms with Crippen LogP contribution in [0.2, 0.25) is 0 Å². The van der Waals surface area contributed by atoms with Gasteiger partial charge >= 0.3 is 0 Å². The zero-order valence-corrected chi connectivity index (χ0v) is 9.78. The number of rotatable bonds is 4. The van der Waals surface area contributed by atoms with Crippen LogP contribution in [0.25, 0.3) is 0 Å². The zero-order chi connectivity index (χ0) is 11.4. The third kappa shape index (κ3) is 3.18. The Bertz CT molecular complexity index is 465. The van der Waals surface area contributed by atoms with Crippen LogP contribution in [0.5, 0.6) is 0 Å². The van der Waals surface area contributed by atoms with E-state index in [0.717, 1.165) is 13.0 Å². The van der Waals surface area contributed by atoms with Crippen molar-refractivity contribution >= 4 is 9.84 Å². The van der Waals surface area contributed by atoms with Crippen molar-refractivity contribution in [2.24, 2.45) is 0 Å². The second-order valence-corrected chi connectivity index (χ2v) is 5.89. The molecule has 0 spiro atoms. The van der Waals surface area contributed by atoms with Gasteiger partial charge in [-0.2, -0.15) is 0 Å². The molecule has 1 aliphatic heterocycles. The number of sulfone groups is 1. The predicted octanol–water partition coefficient (Wildman–Crippen LogP) is 1.13. The summed E-state index contributed by atoms with van der Waals surface area (Å²) < 4.78 is 22.3. The van der Waals surface area contributed by atoms with Gasteiger partial charge in [-0.3, -0.25) is 0 Å². The number of hydrogen-bond acceptors (Lipinski definition) is 3. The minimum Gasteiger partial charge on any atom is -0.309 e. The maximum Gasteiger partial charge on any atom is 0.173 e. The zero-order valence-electron chi connectivity index (χ0n) is 8.96. The first-order valence-corrected chi connectivity index (χ1v) is 7.05. The molecule has 1 aliphatic rings. The minimum absolute atomic E-state index is 0.0197. The quantitative estimate of drug-likeness (QED) is 0.854. The van der Waals surface area contributed by atoms with Gasteiger partial charge in [0.25, 0.3) is 0 Å². The summed E-state index contributed by atoms with van der Waals surface area (Å²) in [5.41, 5.74) is 1.26. The normalized spacial score (nSPS) is 22.4. The van der Waals surface area contributed by atoms with Crippen molar-refractivity contribution in [3.8, 4) is 0 Å². The minimum atomic E-state index is -2.93. The van der Waals surface area contributed by atoms with Gasteiger partial charge in [-0.15, -0.1) is 0 Å². The Labute approximate surface area is 96.1 Å². The lowest BCUT2D eigenvalue weighted by Crippen LogP contribution is -2.31. The van der Waals surface area contributed by atoms with E-state index in [1.807, 2.05) is 18.2 Å². The highest BCUT2D eigenvalue weighted by Gasteiger charge is 2.20. The molecule has 1 N–H and O–H groups in total. The van der Waals surface area contributed by atoms with E-state index in [2.05, 4.69) is 17.4 Å². The number of benzene rings is 1. The van der Waals surface area contributed by atoms with Crippen LogP contribution >= 0.6 is 0 Å². The molecule has 1 unspecified atom stereocenters. The molecule has 0 radical (unpaired) electrons. The van der Waals surface area contributed by atoms with Gasteiger partial charge in [-0.1, -0.05) is 36.4 Å². The van der Waals surface area contributed by atoms with E-state index in [0.29, 0.717) is 0 Å². The summed E-state index contributed by atoms with van der Waals surface area (Å²) in [6.45, 7) is 0.800. The lowest BCUT2D eigenvalue weighted by molar-refractivity contribution is 0.591. The van der Waals surface area contributed by atoms with E-state index in [1.165, 1.54) is 11.0 Å². The fraction of sp³-hybridized carbons (Fsp3) is 0.333. The van der Waals surface area contributed by atoms with Crippen LogP contribution in [0, 0.1) is 0 Å². The van der Waals surface area contributed by atoms with Crippen molar-refractivity contribution in [2.75, 3.05) is 12.3 Å². The van der Waals surface area contributed by atoms with Gasteiger partial charge in [0.1, 0.15) is 0 Å². The molecule has 3 nitrogen and oxygen atoms in total. The molecule has 0 bridgehead atoms. The fourth-order valence-corrected chi connectivity index (χ4v) is 3.02. The SMILES string of the molecule is O=S1(=O)C=CC(NCCc2ccccc2)C1. The van der Waals surface area contributed by atoms with Crippen LogP contribution in [0.15, 0.2) is 41.8 Å². The van der Waals surface area contributed by atoms with Gasteiger partial charge in [0.15, 0.2) is 9.84 Å². The summed E-state index contributed by atoms with van der Waals surface area (Å²) in [6.07, 6.45) is 2.64. The Kier molecular flexibility index (Phi) is 3.41. The van der Waals surface area contributed by atoms with Gasteiger partial charge in [0.05, 0.1) is 5.75 Å². The third-order valence-corrected chi connectivity index (χ3v) is 3.99. The van der Waals surface area contributed by atoms with Gasteiger partial charge < -0.3 is 5.32 Å². The first-order chi connectivity index (χ1) is 7.66. The molecular weight excluding hydrogens is 222 g/mol. The molecular formula is C12H15NO2S. The molecule has 0 saturated heterocycles. The molecule has 0 aromatic heterocycles. The van der Waals surface area contributed by atoms with Crippen LogP contribution in [0.4, 0.5) is 0 Å². The monoisotopic (exact) mass is 237 g/mol. The van der Waals surface area contributed by atoms with Crippen molar-refractivity contribution in [3.05, 3.63) is 47.4 Å². The molecule has 86 valence electrons. The second-order valence-electron chi connectivity index (χ2n) is 3.95. The molecule has 0 fully saturated rings. The maximum absolute atomic E-state index is 11.1. The molecule has 0 saturated carbocycles. The molecule has 0 amide bonds. The molecule has 16 heavy (non-hydrogen) atoms. The molecule has 1 aromatic rings. The highest BCUT2D eigenvalue weighted by Crippen LogP contribution is 2.07. The highest BCUT2D eigenvalue weighted by atomic mass is 32.2. The Morgan fingerprint density at radius 1 is 1.25 bits per heavy atom. The predicted molar refractivity (Wildman–Crippen MR) is 64.9 cm³/mol. The fourth-order valence-electron chi connectivity index (χ4n) is 1.75. The van der Waals surface area contributed by atoms with E-state index in [9.17, 15) is 8.42 Å². The largest absolute Gasteiger partial charge is 0.309 e. The number of hydrogen-bond donors (Lipinski definition) is 1. The topological polar surface area (TPSA) is 46.2 Å². The Hall–Kier alpha value is -1.13. The molecule has 1 atom stereocenters. The van der Waals surface area contributed by atoms with E-state index >= 15 is 0 Å². The van der Waals surface area contributed by atoms with Gasteiger partial charge in [0.2, 0.25) is 0 Å². The van der Waals surface area contributed by atoms with Crippen molar-refractivity contribution in [3.63, 3.8) is 0 Å². The van der Waals surface area contributed by atoms with Crippen molar-refractivity contribution < 1.29 is 8.42 Å². The van der Waals surface area contributed by atoms with E-state index in [1.54, 1.807) is 6.08 Å².